The first kappa shape index (κ1) is 14.9. The highest BCUT2D eigenvalue weighted by atomic mass is 16.5. The molecule has 0 spiro atoms. The second kappa shape index (κ2) is 7.91. The van der Waals surface area contributed by atoms with Crippen LogP contribution in [-0.4, -0.2) is 19.7 Å². The Labute approximate surface area is 122 Å². The van der Waals surface area contributed by atoms with E-state index in [1.54, 1.807) is 0 Å². The summed E-state index contributed by atoms with van der Waals surface area (Å²) in [6.07, 6.45) is 2.53. The molecule has 2 aromatic carbocycles. The van der Waals surface area contributed by atoms with Gasteiger partial charge in [-0.1, -0.05) is 50.2 Å². The first-order valence-electron chi connectivity index (χ1n) is 7.58. The maximum Gasteiger partial charge on any atom is 0.127 e. The predicted octanol–water partition coefficient (Wildman–Crippen LogP) is 4.24. The summed E-state index contributed by atoms with van der Waals surface area (Å²) in [5.41, 5.74) is 0. The van der Waals surface area contributed by atoms with Gasteiger partial charge >= 0.3 is 0 Å². The molecule has 0 bridgehead atoms. The second-order valence-electron chi connectivity index (χ2n) is 5.61. The van der Waals surface area contributed by atoms with E-state index in [0.29, 0.717) is 0 Å². The first-order valence-corrected chi connectivity index (χ1v) is 7.58. The van der Waals surface area contributed by atoms with Crippen LogP contribution in [0.4, 0.5) is 0 Å². The van der Waals surface area contributed by atoms with Crippen molar-refractivity contribution in [2.75, 3.05) is 19.7 Å². The van der Waals surface area contributed by atoms with Gasteiger partial charge in [0.25, 0.3) is 0 Å². The summed E-state index contributed by atoms with van der Waals surface area (Å²) in [7, 11) is 0. The number of nitrogens with one attached hydrogen (secondary N) is 1. The van der Waals surface area contributed by atoms with Crippen LogP contribution in [0.3, 0.4) is 0 Å². The van der Waals surface area contributed by atoms with Crippen molar-refractivity contribution in [1.29, 1.82) is 0 Å². The zero-order chi connectivity index (χ0) is 14.2. The maximum atomic E-state index is 5.88. The topological polar surface area (TPSA) is 21.3 Å². The smallest absolute Gasteiger partial charge is 0.127 e. The van der Waals surface area contributed by atoms with Crippen molar-refractivity contribution in [3.63, 3.8) is 0 Å². The zero-order valence-corrected chi connectivity index (χ0v) is 12.6. The van der Waals surface area contributed by atoms with Crippen molar-refractivity contribution in [2.45, 2.75) is 26.7 Å². The van der Waals surface area contributed by atoms with Gasteiger partial charge in [0.2, 0.25) is 0 Å². The fraction of sp³-hybridized carbons (Fsp3) is 0.444. The van der Waals surface area contributed by atoms with Gasteiger partial charge < -0.3 is 10.1 Å². The molecule has 2 aromatic rings. The van der Waals surface area contributed by atoms with Crippen LogP contribution < -0.4 is 10.1 Å². The average Bonchev–Trinajstić information content (AvgIpc) is 2.46. The third kappa shape index (κ3) is 4.53. The number of hydrogen-bond donors (Lipinski definition) is 1. The summed E-state index contributed by atoms with van der Waals surface area (Å²) < 4.78 is 5.88. The molecule has 1 N–H and O–H groups in total. The molecular weight excluding hydrogens is 246 g/mol. The van der Waals surface area contributed by atoms with E-state index in [9.17, 15) is 0 Å². The number of hydrogen-bond acceptors (Lipinski definition) is 2. The van der Waals surface area contributed by atoms with Crippen LogP contribution in [0.1, 0.15) is 26.7 Å². The molecule has 20 heavy (non-hydrogen) atoms. The molecule has 0 unspecified atom stereocenters. The first-order chi connectivity index (χ1) is 9.77. The lowest BCUT2D eigenvalue weighted by Crippen LogP contribution is -2.22. The van der Waals surface area contributed by atoms with E-state index in [1.807, 2.05) is 12.1 Å². The van der Waals surface area contributed by atoms with Crippen molar-refractivity contribution < 1.29 is 4.74 Å². The van der Waals surface area contributed by atoms with Crippen LogP contribution in [-0.2, 0) is 0 Å². The van der Waals surface area contributed by atoms with Crippen molar-refractivity contribution in [2.24, 2.45) is 5.92 Å². The Bertz CT molecular complexity index is 516. The van der Waals surface area contributed by atoms with E-state index in [0.717, 1.165) is 31.4 Å². The monoisotopic (exact) mass is 271 g/mol. The molecule has 0 aliphatic heterocycles. The molecule has 0 radical (unpaired) electrons. The second-order valence-corrected chi connectivity index (χ2v) is 5.61. The standard InChI is InChI=1S/C18H25NO/c1-15(2)7-6-12-19-13-14-20-18-11-5-9-16-8-3-4-10-17(16)18/h3-5,8-11,15,19H,6-7,12-14H2,1-2H3. The van der Waals surface area contributed by atoms with Crippen molar-refractivity contribution in [3.05, 3.63) is 42.5 Å². The molecule has 0 saturated carbocycles. The molecule has 0 aliphatic rings. The third-order valence-electron chi connectivity index (χ3n) is 3.42. The number of fused-ring (bicyclic) bond motifs is 1. The Balaban J connectivity index is 1.73. The molecule has 0 aliphatic carbocycles. The summed E-state index contributed by atoms with van der Waals surface area (Å²) in [5.74, 6) is 1.77. The molecule has 108 valence electrons. The van der Waals surface area contributed by atoms with Crippen molar-refractivity contribution in [1.82, 2.24) is 5.32 Å². The summed E-state index contributed by atoms with van der Waals surface area (Å²) in [6.45, 7) is 7.24. The van der Waals surface area contributed by atoms with Crippen molar-refractivity contribution >= 4 is 10.8 Å². The molecule has 0 saturated heterocycles. The highest BCUT2D eigenvalue weighted by molar-refractivity contribution is 5.88. The molecule has 2 heteroatoms. The Morgan fingerprint density at radius 2 is 1.80 bits per heavy atom. The van der Waals surface area contributed by atoms with Crippen LogP contribution in [0, 0.1) is 5.92 Å². The van der Waals surface area contributed by atoms with Gasteiger partial charge in [0.15, 0.2) is 0 Å². The van der Waals surface area contributed by atoms with Crippen LogP contribution in [0.25, 0.3) is 10.8 Å². The van der Waals surface area contributed by atoms with Gasteiger partial charge in [0.05, 0.1) is 0 Å². The molecule has 2 nitrogen and oxygen atoms in total. The van der Waals surface area contributed by atoms with E-state index in [1.165, 1.54) is 23.6 Å². The van der Waals surface area contributed by atoms with E-state index >= 15 is 0 Å². The average molecular weight is 271 g/mol. The summed E-state index contributed by atoms with van der Waals surface area (Å²) >= 11 is 0. The van der Waals surface area contributed by atoms with Crippen LogP contribution >= 0.6 is 0 Å². The lowest BCUT2D eigenvalue weighted by molar-refractivity contribution is 0.316. The summed E-state index contributed by atoms with van der Waals surface area (Å²) in [6, 6.07) is 14.6. The maximum absolute atomic E-state index is 5.88. The van der Waals surface area contributed by atoms with E-state index in [2.05, 4.69) is 49.5 Å². The van der Waals surface area contributed by atoms with Gasteiger partial charge in [-0.3, -0.25) is 0 Å². The van der Waals surface area contributed by atoms with Crippen LogP contribution in [0.15, 0.2) is 42.5 Å². The third-order valence-corrected chi connectivity index (χ3v) is 3.42. The van der Waals surface area contributed by atoms with Gasteiger partial charge in [-0.05, 0) is 36.8 Å². The molecule has 2 rings (SSSR count). The Morgan fingerprint density at radius 3 is 2.65 bits per heavy atom. The number of ether oxygens (including phenoxy) is 1. The van der Waals surface area contributed by atoms with Gasteiger partial charge in [-0.15, -0.1) is 0 Å². The van der Waals surface area contributed by atoms with Crippen LogP contribution in [0.5, 0.6) is 5.75 Å². The lowest BCUT2D eigenvalue weighted by atomic mass is 10.1. The SMILES string of the molecule is CC(C)CCCNCCOc1cccc2ccccc12. The van der Waals surface area contributed by atoms with Gasteiger partial charge in [0, 0.05) is 11.9 Å². The highest BCUT2D eigenvalue weighted by Gasteiger charge is 2.00. The van der Waals surface area contributed by atoms with Crippen LogP contribution in [0.2, 0.25) is 0 Å². The quantitative estimate of drug-likeness (QED) is 0.725. The Hall–Kier alpha value is -1.54. The molecule has 0 heterocycles. The predicted molar refractivity (Wildman–Crippen MR) is 86.4 cm³/mol. The Morgan fingerprint density at radius 1 is 1.00 bits per heavy atom. The zero-order valence-electron chi connectivity index (χ0n) is 12.6. The molecule has 0 amide bonds. The minimum absolute atomic E-state index is 0.718. The fourth-order valence-electron chi connectivity index (χ4n) is 2.32. The molecule has 0 aromatic heterocycles. The van der Waals surface area contributed by atoms with Gasteiger partial charge in [-0.25, -0.2) is 0 Å². The fourth-order valence-corrected chi connectivity index (χ4v) is 2.32. The summed E-state index contributed by atoms with van der Waals surface area (Å²) in [5, 5.41) is 5.86. The minimum Gasteiger partial charge on any atom is -0.492 e. The minimum atomic E-state index is 0.718. The van der Waals surface area contributed by atoms with Gasteiger partial charge in [0.1, 0.15) is 12.4 Å². The highest BCUT2D eigenvalue weighted by Crippen LogP contribution is 2.24. The Kier molecular flexibility index (Phi) is 5.87. The van der Waals surface area contributed by atoms with E-state index in [-0.39, 0.29) is 0 Å². The largest absolute Gasteiger partial charge is 0.492 e. The van der Waals surface area contributed by atoms with E-state index in [4.69, 9.17) is 4.74 Å². The molecule has 0 fully saturated rings. The van der Waals surface area contributed by atoms with Gasteiger partial charge in [-0.2, -0.15) is 0 Å². The lowest BCUT2D eigenvalue weighted by Gasteiger charge is -2.10. The van der Waals surface area contributed by atoms with E-state index < -0.39 is 0 Å². The number of benzene rings is 2. The summed E-state index contributed by atoms with van der Waals surface area (Å²) in [4.78, 5) is 0. The number of rotatable bonds is 8. The molecule has 0 atom stereocenters. The van der Waals surface area contributed by atoms with Crippen molar-refractivity contribution in [3.8, 4) is 5.75 Å². The normalized spacial score (nSPS) is 11.2. The molecular formula is C18H25NO.